The lowest BCUT2D eigenvalue weighted by atomic mass is 10.1. The van der Waals surface area contributed by atoms with Crippen molar-refractivity contribution in [2.24, 2.45) is 0 Å². The van der Waals surface area contributed by atoms with E-state index < -0.39 is 0 Å². The smallest absolute Gasteiger partial charge is 0.255 e. The van der Waals surface area contributed by atoms with Gasteiger partial charge < -0.3 is 15.7 Å². The Morgan fingerprint density at radius 3 is 3.11 bits per heavy atom. The first kappa shape index (κ1) is 13.2. The third kappa shape index (κ3) is 3.37. The lowest BCUT2D eigenvalue weighted by Crippen LogP contribution is -2.40. The molecule has 0 saturated carbocycles. The molecule has 1 heterocycles. The number of phenolic OH excluding ortho intramolecular Hbond substituents is 1. The number of halogens is 1. The fraction of sp³-hybridized carbons (Fsp3) is 0.462. The van der Waals surface area contributed by atoms with Gasteiger partial charge in [-0.15, -0.1) is 0 Å². The molecule has 1 atom stereocenters. The first-order valence-corrected chi connectivity index (χ1v) is 6.54. The Kier molecular flexibility index (Phi) is 4.44. The van der Waals surface area contributed by atoms with Crippen molar-refractivity contribution in [2.75, 3.05) is 13.1 Å². The van der Waals surface area contributed by atoms with Crippen molar-refractivity contribution in [3.63, 3.8) is 0 Å². The number of benzene rings is 1. The average molecular weight is 269 g/mol. The minimum atomic E-state index is -0.274. The zero-order chi connectivity index (χ0) is 13.0. The normalized spacial score (nSPS) is 20.2. The molecule has 98 valence electrons. The average Bonchev–Trinajstić information content (AvgIpc) is 2.61. The summed E-state index contributed by atoms with van der Waals surface area (Å²) in [5.74, 6) is -0.317. The molecule has 1 aliphatic heterocycles. The number of hydrogen-bond acceptors (Lipinski definition) is 3. The predicted molar refractivity (Wildman–Crippen MR) is 71.1 cm³/mol. The summed E-state index contributed by atoms with van der Waals surface area (Å²) in [5, 5.41) is 16.3. The van der Waals surface area contributed by atoms with Gasteiger partial charge in [0.15, 0.2) is 0 Å². The van der Waals surface area contributed by atoms with Gasteiger partial charge in [-0.3, -0.25) is 4.79 Å². The number of amides is 1. The van der Waals surface area contributed by atoms with Crippen molar-refractivity contribution in [1.82, 2.24) is 10.6 Å². The summed E-state index contributed by atoms with van der Waals surface area (Å²) < 4.78 is 0. The molecule has 2 rings (SSSR count). The van der Waals surface area contributed by atoms with Gasteiger partial charge in [0, 0.05) is 17.6 Å². The van der Waals surface area contributed by atoms with E-state index in [0.717, 1.165) is 32.4 Å². The van der Waals surface area contributed by atoms with E-state index in [9.17, 15) is 9.90 Å². The second-order valence-electron chi connectivity index (χ2n) is 4.53. The van der Waals surface area contributed by atoms with Crippen LogP contribution in [-0.2, 0) is 0 Å². The summed E-state index contributed by atoms with van der Waals surface area (Å²) in [6, 6.07) is 4.58. The van der Waals surface area contributed by atoms with Gasteiger partial charge in [0.25, 0.3) is 5.91 Å². The third-order valence-electron chi connectivity index (χ3n) is 3.09. The van der Waals surface area contributed by atoms with E-state index in [1.807, 2.05) is 0 Å². The first-order chi connectivity index (χ1) is 8.66. The molecule has 0 bridgehead atoms. The topological polar surface area (TPSA) is 61.4 Å². The zero-order valence-corrected chi connectivity index (χ0v) is 10.8. The van der Waals surface area contributed by atoms with Crippen LogP contribution in [0.3, 0.4) is 0 Å². The highest BCUT2D eigenvalue weighted by Gasteiger charge is 2.17. The van der Waals surface area contributed by atoms with Gasteiger partial charge in [0.2, 0.25) is 0 Å². The number of nitrogens with one attached hydrogen (secondary N) is 2. The molecule has 3 N–H and O–H groups in total. The van der Waals surface area contributed by atoms with Crippen molar-refractivity contribution in [3.8, 4) is 5.75 Å². The maximum Gasteiger partial charge on any atom is 0.255 e. The number of hydrogen-bond donors (Lipinski definition) is 3. The molecule has 1 amide bonds. The molecule has 0 radical (unpaired) electrons. The molecule has 1 saturated heterocycles. The van der Waals surface area contributed by atoms with Gasteiger partial charge in [-0.2, -0.15) is 0 Å². The second-order valence-corrected chi connectivity index (χ2v) is 4.97. The van der Waals surface area contributed by atoms with E-state index in [1.54, 1.807) is 6.07 Å². The van der Waals surface area contributed by atoms with Crippen LogP contribution in [0.5, 0.6) is 5.75 Å². The highest BCUT2D eigenvalue weighted by molar-refractivity contribution is 6.31. The number of carbonyl (C=O) groups is 1. The van der Waals surface area contributed by atoms with E-state index in [-0.39, 0.29) is 23.3 Å². The van der Waals surface area contributed by atoms with Crippen LogP contribution in [0.25, 0.3) is 0 Å². The zero-order valence-electron chi connectivity index (χ0n) is 10.1. The lowest BCUT2D eigenvalue weighted by molar-refractivity contribution is 0.0933. The van der Waals surface area contributed by atoms with Crippen molar-refractivity contribution in [1.29, 1.82) is 0 Å². The molecule has 1 aromatic rings. The van der Waals surface area contributed by atoms with Crippen molar-refractivity contribution in [2.45, 2.75) is 25.3 Å². The molecule has 4 nitrogen and oxygen atoms in total. The van der Waals surface area contributed by atoms with E-state index >= 15 is 0 Å². The first-order valence-electron chi connectivity index (χ1n) is 6.17. The Hall–Kier alpha value is -1.26. The number of phenols is 1. The highest BCUT2D eigenvalue weighted by Crippen LogP contribution is 2.21. The number of rotatable bonds is 2. The van der Waals surface area contributed by atoms with E-state index in [1.165, 1.54) is 12.1 Å². The van der Waals surface area contributed by atoms with Crippen LogP contribution in [0.15, 0.2) is 18.2 Å². The summed E-state index contributed by atoms with van der Waals surface area (Å²) in [6.45, 7) is 1.77. The number of aromatic hydroxyl groups is 1. The lowest BCUT2D eigenvalue weighted by Gasteiger charge is -2.16. The fourth-order valence-corrected chi connectivity index (χ4v) is 2.27. The van der Waals surface area contributed by atoms with Gasteiger partial charge in [-0.1, -0.05) is 18.0 Å². The van der Waals surface area contributed by atoms with Crippen LogP contribution in [0.4, 0.5) is 0 Å². The van der Waals surface area contributed by atoms with E-state index in [0.29, 0.717) is 5.02 Å². The number of carbonyl (C=O) groups excluding carboxylic acids is 1. The molecule has 0 aliphatic carbocycles. The maximum absolute atomic E-state index is 12.0. The molecular formula is C13H17ClN2O2. The largest absolute Gasteiger partial charge is 0.507 e. The summed E-state index contributed by atoms with van der Waals surface area (Å²) in [7, 11) is 0. The van der Waals surface area contributed by atoms with Crippen molar-refractivity contribution in [3.05, 3.63) is 28.8 Å². The monoisotopic (exact) mass is 268 g/mol. The van der Waals surface area contributed by atoms with Crippen molar-refractivity contribution < 1.29 is 9.90 Å². The van der Waals surface area contributed by atoms with Crippen LogP contribution in [0.2, 0.25) is 5.02 Å². The van der Waals surface area contributed by atoms with Crippen molar-refractivity contribution >= 4 is 17.5 Å². The molecule has 18 heavy (non-hydrogen) atoms. The summed E-state index contributed by atoms with van der Waals surface area (Å²) in [4.78, 5) is 12.0. The van der Waals surface area contributed by atoms with E-state index in [4.69, 9.17) is 11.6 Å². The Balaban J connectivity index is 2.04. The van der Waals surface area contributed by atoms with Gasteiger partial charge in [-0.25, -0.2) is 0 Å². The third-order valence-corrected chi connectivity index (χ3v) is 3.32. The molecule has 1 aliphatic rings. The molecule has 5 heteroatoms. The Morgan fingerprint density at radius 1 is 1.44 bits per heavy atom. The van der Waals surface area contributed by atoms with Crippen LogP contribution in [0.1, 0.15) is 29.6 Å². The molecule has 0 aromatic heterocycles. The quantitative estimate of drug-likeness (QED) is 0.768. The predicted octanol–water partition coefficient (Wildman–Crippen LogP) is 1.92. The maximum atomic E-state index is 12.0. The van der Waals surface area contributed by atoms with Gasteiger partial charge in [0.05, 0.1) is 5.56 Å². The SMILES string of the molecule is O=C(NC1CCCCNC1)c1cc(Cl)ccc1O. The van der Waals surface area contributed by atoms with Crippen LogP contribution in [-0.4, -0.2) is 30.1 Å². The molecule has 1 fully saturated rings. The van der Waals surface area contributed by atoms with Crippen LogP contribution < -0.4 is 10.6 Å². The molecule has 1 aromatic carbocycles. The van der Waals surface area contributed by atoms with Crippen LogP contribution >= 0.6 is 11.6 Å². The Morgan fingerprint density at radius 2 is 2.28 bits per heavy atom. The molecule has 0 spiro atoms. The Labute approximate surface area is 111 Å². The summed E-state index contributed by atoms with van der Waals surface area (Å²) >= 11 is 5.83. The van der Waals surface area contributed by atoms with Gasteiger partial charge in [-0.05, 0) is 37.6 Å². The standard InChI is InChI=1S/C13H17ClN2O2/c14-9-4-5-12(17)11(7-9)13(18)16-10-3-1-2-6-15-8-10/h4-5,7,10,15,17H,1-3,6,8H2,(H,16,18). The highest BCUT2D eigenvalue weighted by atomic mass is 35.5. The fourth-order valence-electron chi connectivity index (χ4n) is 2.10. The second kappa shape index (κ2) is 6.07. The molecular weight excluding hydrogens is 252 g/mol. The summed E-state index contributed by atoms with van der Waals surface area (Å²) in [5.41, 5.74) is 0.228. The van der Waals surface area contributed by atoms with E-state index in [2.05, 4.69) is 10.6 Å². The minimum absolute atomic E-state index is 0.0431. The summed E-state index contributed by atoms with van der Waals surface area (Å²) in [6.07, 6.45) is 3.19. The van der Waals surface area contributed by atoms with Gasteiger partial charge in [0.1, 0.15) is 5.75 Å². The van der Waals surface area contributed by atoms with Crippen LogP contribution in [0, 0.1) is 0 Å². The molecule has 1 unspecified atom stereocenters. The Bertz CT molecular complexity index is 429. The minimum Gasteiger partial charge on any atom is -0.507 e. The van der Waals surface area contributed by atoms with Gasteiger partial charge >= 0.3 is 0 Å².